The van der Waals surface area contributed by atoms with E-state index >= 15 is 0 Å². The second-order valence-corrected chi connectivity index (χ2v) is 3.67. The van der Waals surface area contributed by atoms with E-state index < -0.39 is 7.12 Å². The third kappa shape index (κ3) is 2.58. The fourth-order valence-corrected chi connectivity index (χ4v) is 1.51. The molecule has 90 valence electrons. The third-order valence-electron chi connectivity index (χ3n) is 2.49. The Balaban J connectivity index is 2.43. The average Bonchev–Trinajstić information content (AvgIpc) is 2.46. The van der Waals surface area contributed by atoms with Crippen molar-refractivity contribution in [2.24, 2.45) is 0 Å². The maximum absolute atomic E-state index is 8.98. The molecule has 0 atom stereocenters. The Kier molecular flexibility index (Phi) is 3.53. The number of aromatic nitrogens is 2. The van der Waals surface area contributed by atoms with Crippen LogP contribution in [0, 0.1) is 22.7 Å². The second-order valence-electron chi connectivity index (χ2n) is 3.67. The van der Waals surface area contributed by atoms with Gasteiger partial charge in [-0.25, -0.2) is 9.97 Å². The van der Waals surface area contributed by atoms with Crippen molar-refractivity contribution in [3.63, 3.8) is 0 Å². The van der Waals surface area contributed by atoms with Crippen molar-refractivity contribution in [1.29, 1.82) is 10.5 Å². The fourth-order valence-electron chi connectivity index (χ4n) is 1.51. The molecule has 2 aromatic rings. The standard InChI is InChI=1S/C12H7BN4O2/c14-5-10-11(6-15)17-12(7-16-10)8-1-3-9(4-2-8)13(18)19/h1-4,7,18-19H. The fraction of sp³-hybridized carbons (Fsp3) is 0. The summed E-state index contributed by atoms with van der Waals surface area (Å²) in [7, 11) is -1.53. The summed E-state index contributed by atoms with van der Waals surface area (Å²) < 4.78 is 0. The Morgan fingerprint density at radius 3 is 2.16 bits per heavy atom. The highest BCUT2D eigenvalue weighted by Crippen LogP contribution is 2.16. The van der Waals surface area contributed by atoms with E-state index in [4.69, 9.17) is 20.6 Å². The van der Waals surface area contributed by atoms with Gasteiger partial charge in [0.1, 0.15) is 12.1 Å². The predicted molar refractivity (Wildman–Crippen MR) is 66.7 cm³/mol. The lowest BCUT2D eigenvalue weighted by atomic mass is 9.80. The third-order valence-corrected chi connectivity index (χ3v) is 2.49. The summed E-state index contributed by atoms with van der Waals surface area (Å²) in [6.45, 7) is 0. The minimum Gasteiger partial charge on any atom is -0.423 e. The molecule has 0 unspecified atom stereocenters. The van der Waals surface area contributed by atoms with E-state index in [1.54, 1.807) is 18.2 Å². The Morgan fingerprint density at radius 2 is 1.63 bits per heavy atom. The number of nitriles is 2. The number of nitrogens with zero attached hydrogens (tertiary/aromatic N) is 4. The average molecular weight is 250 g/mol. The Labute approximate surface area is 109 Å². The molecule has 0 saturated carbocycles. The molecular formula is C12H7BN4O2. The molecule has 1 aromatic heterocycles. The van der Waals surface area contributed by atoms with Gasteiger partial charge in [-0.15, -0.1) is 0 Å². The first-order valence-electron chi connectivity index (χ1n) is 5.29. The van der Waals surface area contributed by atoms with Gasteiger partial charge in [-0.3, -0.25) is 0 Å². The lowest BCUT2D eigenvalue weighted by molar-refractivity contribution is 0.426. The van der Waals surface area contributed by atoms with Crippen LogP contribution in [0.5, 0.6) is 0 Å². The predicted octanol–water partition coefficient (Wildman–Crippen LogP) is -0.433. The van der Waals surface area contributed by atoms with Gasteiger partial charge in [0.25, 0.3) is 0 Å². The van der Waals surface area contributed by atoms with Crippen LogP contribution < -0.4 is 5.46 Å². The quantitative estimate of drug-likeness (QED) is 0.698. The lowest BCUT2D eigenvalue weighted by Crippen LogP contribution is -2.29. The lowest BCUT2D eigenvalue weighted by Gasteiger charge is -2.03. The molecule has 1 heterocycles. The van der Waals surface area contributed by atoms with Crippen molar-refractivity contribution in [2.45, 2.75) is 0 Å². The highest BCUT2D eigenvalue weighted by molar-refractivity contribution is 6.58. The van der Waals surface area contributed by atoms with Crippen LogP contribution in [0.4, 0.5) is 0 Å². The molecule has 0 amide bonds. The number of hydrogen-bond donors (Lipinski definition) is 2. The largest absolute Gasteiger partial charge is 0.488 e. The van der Waals surface area contributed by atoms with Gasteiger partial charge in [0, 0.05) is 5.56 Å². The van der Waals surface area contributed by atoms with Crippen LogP contribution in [0.15, 0.2) is 30.5 Å². The minimum atomic E-state index is -1.53. The molecule has 7 heteroatoms. The molecule has 0 spiro atoms. The van der Waals surface area contributed by atoms with Gasteiger partial charge in [0.2, 0.25) is 0 Å². The van der Waals surface area contributed by atoms with Crippen LogP contribution in [-0.2, 0) is 0 Å². The van der Waals surface area contributed by atoms with Crippen LogP contribution in [0.25, 0.3) is 11.3 Å². The number of hydrogen-bond acceptors (Lipinski definition) is 6. The zero-order chi connectivity index (χ0) is 13.8. The van der Waals surface area contributed by atoms with Crippen LogP contribution in [0.1, 0.15) is 11.4 Å². The van der Waals surface area contributed by atoms with Gasteiger partial charge in [-0.1, -0.05) is 24.3 Å². The molecule has 0 aliphatic carbocycles. The summed E-state index contributed by atoms with van der Waals surface area (Å²) in [5, 5.41) is 35.6. The monoisotopic (exact) mass is 250 g/mol. The highest BCUT2D eigenvalue weighted by Gasteiger charge is 2.12. The van der Waals surface area contributed by atoms with E-state index in [-0.39, 0.29) is 11.4 Å². The Bertz CT molecular complexity index is 686. The van der Waals surface area contributed by atoms with Crippen LogP contribution in [0.2, 0.25) is 0 Å². The zero-order valence-corrected chi connectivity index (χ0v) is 9.65. The minimum absolute atomic E-state index is 0.0198. The van der Waals surface area contributed by atoms with E-state index in [1.165, 1.54) is 18.3 Å². The number of benzene rings is 1. The van der Waals surface area contributed by atoms with E-state index in [0.717, 1.165) is 0 Å². The van der Waals surface area contributed by atoms with Crippen molar-refractivity contribution < 1.29 is 10.0 Å². The zero-order valence-electron chi connectivity index (χ0n) is 9.65. The molecule has 0 fully saturated rings. The number of rotatable bonds is 2. The topological polar surface area (TPSA) is 114 Å². The first-order valence-corrected chi connectivity index (χ1v) is 5.29. The molecular weight excluding hydrogens is 243 g/mol. The summed E-state index contributed by atoms with van der Waals surface area (Å²) in [5.74, 6) is 0. The van der Waals surface area contributed by atoms with Gasteiger partial charge in [-0.05, 0) is 5.46 Å². The van der Waals surface area contributed by atoms with Crippen LogP contribution >= 0.6 is 0 Å². The van der Waals surface area contributed by atoms with E-state index in [1.807, 2.05) is 6.07 Å². The maximum atomic E-state index is 8.98. The van der Waals surface area contributed by atoms with Crippen molar-refractivity contribution in [2.75, 3.05) is 0 Å². The van der Waals surface area contributed by atoms with E-state index in [9.17, 15) is 0 Å². The van der Waals surface area contributed by atoms with Crippen molar-refractivity contribution in [3.8, 4) is 23.4 Å². The van der Waals surface area contributed by atoms with Crippen molar-refractivity contribution >= 4 is 12.6 Å². The Morgan fingerprint density at radius 1 is 1.00 bits per heavy atom. The maximum Gasteiger partial charge on any atom is 0.488 e. The summed E-state index contributed by atoms with van der Waals surface area (Å²) in [6.07, 6.45) is 1.39. The van der Waals surface area contributed by atoms with Crippen molar-refractivity contribution in [3.05, 3.63) is 41.9 Å². The molecule has 6 nitrogen and oxygen atoms in total. The van der Waals surface area contributed by atoms with Crippen LogP contribution in [0.3, 0.4) is 0 Å². The summed E-state index contributed by atoms with van der Waals surface area (Å²) >= 11 is 0. The summed E-state index contributed by atoms with van der Waals surface area (Å²) in [5.41, 5.74) is 1.40. The molecule has 0 saturated heterocycles. The van der Waals surface area contributed by atoms with E-state index in [2.05, 4.69) is 9.97 Å². The first kappa shape index (κ1) is 12.7. The first-order chi connectivity index (χ1) is 9.15. The van der Waals surface area contributed by atoms with Gasteiger partial charge in [0.15, 0.2) is 11.4 Å². The highest BCUT2D eigenvalue weighted by atomic mass is 16.4. The molecule has 1 aromatic carbocycles. The normalized spacial score (nSPS) is 9.47. The van der Waals surface area contributed by atoms with Crippen molar-refractivity contribution in [1.82, 2.24) is 9.97 Å². The summed E-state index contributed by atoms with van der Waals surface area (Å²) in [6, 6.07) is 9.93. The SMILES string of the molecule is N#Cc1ncc(-c2ccc(B(O)O)cc2)nc1C#N. The second kappa shape index (κ2) is 5.28. The van der Waals surface area contributed by atoms with Gasteiger partial charge in [-0.2, -0.15) is 10.5 Å². The van der Waals surface area contributed by atoms with E-state index in [0.29, 0.717) is 16.7 Å². The van der Waals surface area contributed by atoms with Gasteiger partial charge in [0.05, 0.1) is 11.9 Å². The smallest absolute Gasteiger partial charge is 0.423 e. The van der Waals surface area contributed by atoms with Crippen LogP contribution in [-0.4, -0.2) is 27.1 Å². The molecule has 0 aliphatic heterocycles. The molecule has 0 bridgehead atoms. The van der Waals surface area contributed by atoms with Gasteiger partial charge >= 0.3 is 7.12 Å². The molecule has 0 aliphatic rings. The molecule has 2 N–H and O–H groups in total. The molecule has 2 rings (SSSR count). The summed E-state index contributed by atoms with van der Waals surface area (Å²) in [4.78, 5) is 7.89. The van der Waals surface area contributed by atoms with Gasteiger partial charge < -0.3 is 10.0 Å². The Hall–Kier alpha value is -2.74. The molecule has 0 radical (unpaired) electrons. The molecule has 19 heavy (non-hydrogen) atoms.